The van der Waals surface area contributed by atoms with Crippen molar-refractivity contribution in [1.82, 2.24) is 24.9 Å². The highest BCUT2D eigenvalue weighted by molar-refractivity contribution is 5.99. The molecule has 4 rings (SSSR count). The SMILES string of the molecule is CC(C)(O)C(F)CNC(=O)c1cnc(Nc2nc3ccnn3cc2F)cc1NC1CCCCC1F. The van der Waals surface area contributed by atoms with E-state index in [9.17, 15) is 23.1 Å². The molecule has 0 aliphatic heterocycles. The van der Waals surface area contributed by atoms with Crippen molar-refractivity contribution < 1.29 is 23.1 Å². The fraction of sp³-hybridized carbons (Fsp3) is 0.478. The molecule has 0 spiro atoms. The van der Waals surface area contributed by atoms with Gasteiger partial charge in [-0.25, -0.2) is 27.7 Å². The summed E-state index contributed by atoms with van der Waals surface area (Å²) in [5, 5.41) is 22.0. The molecule has 3 heterocycles. The lowest BCUT2D eigenvalue weighted by Gasteiger charge is -2.28. The Kier molecular flexibility index (Phi) is 7.10. The van der Waals surface area contributed by atoms with Crippen molar-refractivity contribution in [2.75, 3.05) is 17.2 Å². The third kappa shape index (κ3) is 5.81. The molecule has 3 atom stereocenters. The second-order valence-corrected chi connectivity index (χ2v) is 9.19. The third-order valence-electron chi connectivity index (χ3n) is 5.96. The molecule has 0 bridgehead atoms. The summed E-state index contributed by atoms with van der Waals surface area (Å²) in [4.78, 5) is 21.2. The van der Waals surface area contributed by atoms with Crippen LogP contribution in [0, 0.1) is 5.82 Å². The van der Waals surface area contributed by atoms with Crippen LogP contribution in [0.2, 0.25) is 0 Å². The van der Waals surface area contributed by atoms with Crippen molar-refractivity contribution in [1.29, 1.82) is 0 Å². The van der Waals surface area contributed by atoms with Crippen molar-refractivity contribution in [2.24, 2.45) is 0 Å². The molecule has 0 saturated heterocycles. The van der Waals surface area contributed by atoms with Gasteiger partial charge in [0.25, 0.3) is 5.91 Å². The lowest BCUT2D eigenvalue weighted by Crippen LogP contribution is -2.42. The normalized spacial score (nSPS) is 19.4. The molecule has 0 radical (unpaired) electrons. The van der Waals surface area contributed by atoms with Crippen LogP contribution in [0.15, 0.2) is 30.7 Å². The summed E-state index contributed by atoms with van der Waals surface area (Å²) in [6.07, 6.45) is 3.70. The Balaban J connectivity index is 1.60. The van der Waals surface area contributed by atoms with Crippen LogP contribution in [0.3, 0.4) is 0 Å². The largest absolute Gasteiger partial charge is 0.387 e. The van der Waals surface area contributed by atoms with Crippen LogP contribution in [-0.2, 0) is 0 Å². The van der Waals surface area contributed by atoms with Gasteiger partial charge in [-0.2, -0.15) is 5.10 Å². The minimum atomic E-state index is -1.70. The van der Waals surface area contributed by atoms with Crippen molar-refractivity contribution in [2.45, 2.75) is 63.5 Å². The summed E-state index contributed by atoms with van der Waals surface area (Å²) < 4.78 is 44.4. The summed E-state index contributed by atoms with van der Waals surface area (Å²) >= 11 is 0. The van der Waals surface area contributed by atoms with E-state index < -0.39 is 42.3 Å². The van der Waals surface area contributed by atoms with E-state index >= 15 is 0 Å². The summed E-state index contributed by atoms with van der Waals surface area (Å²) in [5.41, 5.74) is -0.884. The lowest BCUT2D eigenvalue weighted by molar-refractivity contribution is -0.00177. The maximum absolute atomic E-state index is 14.5. The van der Waals surface area contributed by atoms with Crippen LogP contribution in [0.5, 0.6) is 0 Å². The Bertz CT molecular complexity index is 1200. The summed E-state index contributed by atoms with van der Waals surface area (Å²) in [6.45, 7) is 2.19. The molecule has 9 nitrogen and oxygen atoms in total. The number of fused-ring (bicyclic) bond motifs is 1. The molecule has 3 unspecified atom stereocenters. The molecule has 3 aromatic heterocycles. The topological polar surface area (TPSA) is 116 Å². The maximum Gasteiger partial charge on any atom is 0.255 e. The van der Waals surface area contributed by atoms with Gasteiger partial charge in [0.2, 0.25) is 0 Å². The number of nitrogens with zero attached hydrogens (tertiary/aromatic N) is 4. The van der Waals surface area contributed by atoms with Gasteiger partial charge in [-0.3, -0.25) is 4.79 Å². The van der Waals surface area contributed by atoms with Crippen molar-refractivity contribution in [3.8, 4) is 0 Å². The molecular weight excluding hydrogens is 463 g/mol. The van der Waals surface area contributed by atoms with Crippen LogP contribution >= 0.6 is 0 Å². The number of amides is 1. The number of pyridine rings is 1. The molecule has 35 heavy (non-hydrogen) atoms. The number of rotatable bonds is 8. The molecule has 3 aromatic rings. The molecule has 4 N–H and O–H groups in total. The summed E-state index contributed by atoms with van der Waals surface area (Å²) in [7, 11) is 0. The van der Waals surface area contributed by atoms with Crippen LogP contribution in [0.25, 0.3) is 5.65 Å². The molecule has 1 fully saturated rings. The zero-order valence-corrected chi connectivity index (χ0v) is 19.4. The average molecular weight is 492 g/mol. The average Bonchev–Trinajstić information content (AvgIpc) is 3.25. The zero-order valence-electron chi connectivity index (χ0n) is 19.4. The van der Waals surface area contributed by atoms with E-state index in [1.807, 2.05) is 0 Å². The number of halogens is 3. The molecule has 1 saturated carbocycles. The van der Waals surface area contributed by atoms with Crippen LogP contribution in [0.1, 0.15) is 49.9 Å². The molecule has 1 aliphatic rings. The van der Waals surface area contributed by atoms with Gasteiger partial charge in [0.05, 0.1) is 41.8 Å². The van der Waals surface area contributed by atoms with Gasteiger partial charge in [0, 0.05) is 18.3 Å². The molecule has 12 heteroatoms. The van der Waals surface area contributed by atoms with Gasteiger partial charge in [-0.05, 0) is 26.7 Å². The van der Waals surface area contributed by atoms with E-state index in [1.165, 1.54) is 36.8 Å². The number of aromatic nitrogens is 4. The van der Waals surface area contributed by atoms with Crippen molar-refractivity contribution in [3.63, 3.8) is 0 Å². The fourth-order valence-corrected chi connectivity index (χ4v) is 3.84. The number of alkyl halides is 2. The molecule has 1 aliphatic carbocycles. The Labute approximate surface area is 200 Å². The minimum Gasteiger partial charge on any atom is -0.387 e. The number of hydrogen-bond donors (Lipinski definition) is 4. The standard InChI is InChI=1S/C23H28F3N7O2/c1-23(2,35)18(26)11-28-22(34)13-10-27-19(9-17(13)30-16-6-4-3-5-14(16)24)31-21-15(25)12-33-20(32-21)7-8-29-33/h7-10,12,14,16,18,35H,3-6,11H2,1-2H3,(H,28,34)(H2,27,30,31,32). The molecule has 0 aromatic carbocycles. The second-order valence-electron chi connectivity index (χ2n) is 9.19. The molecular formula is C23H28F3N7O2. The van der Waals surface area contributed by atoms with E-state index in [-0.39, 0.29) is 22.9 Å². The molecule has 188 valence electrons. The van der Waals surface area contributed by atoms with E-state index in [4.69, 9.17) is 0 Å². The van der Waals surface area contributed by atoms with E-state index in [2.05, 4.69) is 31.0 Å². The fourth-order valence-electron chi connectivity index (χ4n) is 3.84. The zero-order chi connectivity index (χ0) is 25.2. The quantitative estimate of drug-likeness (QED) is 0.381. The third-order valence-corrected chi connectivity index (χ3v) is 5.96. The van der Waals surface area contributed by atoms with Crippen molar-refractivity contribution in [3.05, 3.63) is 42.1 Å². The Morgan fingerprint density at radius 3 is 2.86 bits per heavy atom. The predicted octanol–water partition coefficient (Wildman–Crippen LogP) is 3.54. The summed E-state index contributed by atoms with van der Waals surface area (Å²) in [6, 6.07) is 2.55. The first kappa shape index (κ1) is 24.7. The van der Waals surface area contributed by atoms with Crippen LogP contribution in [-0.4, -0.2) is 61.1 Å². The van der Waals surface area contributed by atoms with Crippen molar-refractivity contribution >= 4 is 28.9 Å². The monoisotopic (exact) mass is 491 g/mol. The van der Waals surface area contributed by atoms with Gasteiger partial charge in [-0.1, -0.05) is 12.8 Å². The predicted molar refractivity (Wildman–Crippen MR) is 125 cm³/mol. The highest BCUT2D eigenvalue weighted by atomic mass is 19.1. The number of aliphatic hydroxyl groups is 1. The van der Waals surface area contributed by atoms with Gasteiger partial charge in [0.15, 0.2) is 17.3 Å². The van der Waals surface area contributed by atoms with Gasteiger partial charge < -0.3 is 21.1 Å². The van der Waals surface area contributed by atoms with Crippen LogP contribution < -0.4 is 16.0 Å². The van der Waals surface area contributed by atoms with Gasteiger partial charge in [0.1, 0.15) is 18.2 Å². The minimum absolute atomic E-state index is 0.0657. The number of hydrogen-bond acceptors (Lipinski definition) is 7. The van der Waals surface area contributed by atoms with E-state index in [1.54, 1.807) is 6.07 Å². The van der Waals surface area contributed by atoms with Gasteiger partial charge in [-0.15, -0.1) is 0 Å². The number of anilines is 3. The Morgan fingerprint density at radius 1 is 1.34 bits per heavy atom. The number of nitrogens with one attached hydrogen (secondary N) is 3. The lowest BCUT2D eigenvalue weighted by atomic mass is 9.93. The number of carbonyl (C=O) groups excluding carboxylic acids is 1. The van der Waals surface area contributed by atoms with Crippen LogP contribution in [0.4, 0.5) is 30.5 Å². The first-order valence-corrected chi connectivity index (χ1v) is 11.4. The number of carbonyl (C=O) groups is 1. The highest BCUT2D eigenvalue weighted by Gasteiger charge is 2.29. The van der Waals surface area contributed by atoms with E-state index in [0.717, 1.165) is 19.0 Å². The smallest absolute Gasteiger partial charge is 0.255 e. The first-order chi connectivity index (χ1) is 16.6. The second kappa shape index (κ2) is 10.1. The Hall–Kier alpha value is -3.41. The summed E-state index contributed by atoms with van der Waals surface area (Å²) in [5.74, 6) is -1.24. The first-order valence-electron chi connectivity index (χ1n) is 11.4. The maximum atomic E-state index is 14.5. The Morgan fingerprint density at radius 2 is 2.11 bits per heavy atom. The highest BCUT2D eigenvalue weighted by Crippen LogP contribution is 2.28. The molecule has 1 amide bonds. The van der Waals surface area contributed by atoms with Gasteiger partial charge >= 0.3 is 0 Å². The van der Waals surface area contributed by atoms with E-state index in [0.29, 0.717) is 18.5 Å².